The van der Waals surface area contributed by atoms with E-state index in [4.69, 9.17) is 27.6 Å². The van der Waals surface area contributed by atoms with Gasteiger partial charge in [0.2, 0.25) is 0 Å². The molecule has 7 aromatic carbocycles. The largest absolute Gasteiger partial charge is 0.456 e. The molecule has 2 aromatic heterocycles. The van der Waals surface area contributed by atoms with Crippen molar-refractivity contribution in [2.45, 2.75) is 37.4 Å². The summed E-state index contributed by atoms with van der Waals surface area (Å²) in [7, 11) is 0. The molecule has 4 nitrogen and oxygen atoms in total. The summed E-state index contributed by atoms with van der Waals surface area (Å²) in [5.74, 6) is 1.27. The van der Waals surface area contributed by atoms with Crippen molar-refractivity contribution in [1.29, 1.82) is 0 Å². The van der Waals surface area contributed by atoms with Gasteiger partial charge in [-0.15, -0.1) is 0 Å². The van der Waals surface area contributed by atoms with E-state index >= 15 is 0 Å². The minimum absolute atomic E-state index is 0.134. The third-order valence-electron chi connectivity index (χ3n) is 10.4. The van der Waals surface area contributed by atoms with Gasteiger partial charge in [0.05, 0.1) is 9.60 Å². The van der Waals surface area contributed by atoms with Crippen LogP contribution in [0, 0.1) is 0 Å². The summed E-state index contributed by atoms with van der Waals surface area (Å²) in [5, 5.41) is 1.78. The van der Waals surface area contributed by atoms with Crippen LogP contribution < -0.4 is 0 Å². The fourth-order valence-corrected chi connectivity index (χ4v) is 7.79. The Balaban J connectivity index is 1.08. The first-order valence-electron chi connectivity index (χ1n) is 24.5. The Morgan fingerprint density at radius 2 is 1.13 bits per heavy atom. The van der Waals surface area contributed by atoms with Crippen LogP contribution in [0.5, 0.6) is 0 Å². The molecule has 2 heterocycles. The highest BCUT2D eigenvalue weighted by molar-refractivity contribution is 6.11. The number of benzene rings is 7. The van der Waals surface area contributed by atoms with Gasteiger partial charge >= 0.3 is 0 Å². The molecule has 2 aliphatic rings. The van der Waals surface area contributed by atoms with E-state index in [0.717, 1.165) is 27.5 Å². The highest BCUT2D eigenvalue weighted by atomic mass is 16.3. The first kappa shape index (κ1) is 21.3. The zero-order valence-electron chi connectivity index (χ0n) is 42.2. The zero-order chi connectivity index (χ0) is 47.8. The second-order valence-corrected chi connectivity index (χ2v) is 13.6. The Morgan fingerprint density at radius 1 is 0.509 bits per heavy atom. The predicted octanol–water partition coefficient (Wildman–Crippen LogP) is 13.3. The number of para-hydroxylation sites is 1. The molecule has 262 valence electrons. The average molecular weight is 721 g/mol. The molecule has 0 radical (unpaired) electrons. The average Bonchev–Trinajstić information content (AvgIpc) is 3.88. The highest BCUT2D eigenvalue weighted by Crippen LogP contribution is 2.56. The first-order valence-corrected chi connectivity index (χ1v) is 18.0. The molecular formula is C51H37N3O. The summed E-state index contributed by atoms with van der Waals surface area (Å²) in [4.78, 5) is 15.0. The number of fused-ring (bicyclic) bond motifs is 8. The van der Waals surface area contributed by atoms with Crippen LogP contribution in [0.15, 0.2) is 168 Å². The lowest BCUT2D eigenvalue weighted by Gasteiger charge is -2.36. The maximum Gasteiger partial charge on any atom is 0.164 e. The van der Waals surface area contributed by atoms with Gasteiger partial charge in [-0.3, -0.25) is 0 Å². The third kappa shape index (κ3) is 5.24. The molecule has 1 fully saturated rings. The van der Waals surface area contributed by atoms with Gasteiger partial charge in [-0.05, 0) is 87.6 Å². The summed E-state index contributed by atoms with van der Waals surface area (Å²) in [6.45, 7) is 0. The maximum absolute atomic E-state index is 9.85. The SMILES string of the molecule is [2H]c1c([2H])c([2H])c2c(c1[2H])-c1c([2H])c([2H])c(-c3cccc(-c4cccc(-c5nc(-c6ccccc6)nc(-c6cccc7oc8ccccc8c67)n5)c4)c3)c([2H])c1C21C([2H])([2H])CC([2H])([2H])CC1([2H])[2H]. The van der Waals surface area contributed by atoms with E-state index in [1.54, 1.807) is 18.2 Å². The standard InChI is InChI=1S/C51H37N3O/c1-3-14-33(15-4-1)48-52-49(54-50(53-48)42-22-13-25-46-47(42)41-21-6-8-24-45(41)55-46)38-19-12-18-36(31-38)34-16-11-17-35(30-34)37-26-27-40-39-20-5-7-23-43(39)51(44(40)32-37)28-9-2-10-29-51/h1,3-8,11-27,30-32H,2,9-10,28-29H2/i2D2,5D,7D,20D,23D,26D,27D,28D2,29D2,32D. The van der Waals surface area contributed by atoms with E-state index in [1.165, 1.54) is 0 Å². The van der Waals surface area contributed by atoms with Crippen molar-refractivity contribution in [3.8, 4) is 67.5 Å². The molecule has 0 aliphatic heterocycles. The van der Waals surface area contributed by atoms with Crippen LogP contribution >= 0.6 is 0 Å². The van der Waals surface area contributed by atoms with Crippen molar-refractivity contribution >= 4 is 21.9 Å². The summed E-state index contributed by atoms with van der Waals surface area (Å²) < 4.78 is 125. The summed E-state index contributed by atoms with van der Waals surface area (Å²) >= 11 is 0. The van der Waals surface area contributed by atoms with Crippen molar-refractivity contribution in [3.05, 3.63) is 175 Å². The van der Waals surface area contributed by atoms with Crippen LogP contribution in [0.1, 0.15) is 60.9 Å². The van der Waals surface area contributed by atoms with Gasteiger partial charge in [0.25, 0.3) is 0 Å². The lowest BCUT2D eigenvalue weighted by molar-refractivity contribution is 0.353. The molecule has 0 N–H and O–H groups in total. The van der Waals surface area contributed by atoms with Crippen molar-refractivity contribution in [3.63, 3.8) is 0 Å². The fraction of sp³-hybridized carbons (Fsp3) is 0.118. The minimum Gasteiger partial charge on any atom is -0.456 e. The monoisotopic (exact) mass is 720 g/mol. The fourth-order valence-electron chi connectivity index (χ4n) is 7.79. The van der Waals surface area contributed by atoms with Crippen LogP contribution in [0.3, 0.4) is 0 Å². The van der Waals surface area contributed by atoms with Crippen molar-refractivity contribution in [1.82, 2.24) is 15.0 Å². The van der Waals surface area contributed by atoms with Gasteiger partial charge in [-0.1, -0.05) is 153 Å². The Morgan fingerprint density at radius 3 is 1.96 bits per heavy atom. The Hall–Kier alpha value is -6.65. The quantitative estimate of drug-likeness (QED) is 0.178. The number of hydrogen-bond donors (Lipinski definition) is 0. The number of aromatic nitrogens is 3. The van der Waals surface area contributed by atoms with Gasteiger partial charge in [-0.25, -0.2) is 15.0 Å². The smallest absolute Gasteiger partial charge is 0.164 e. The van der Waals surface area contributed by atoms with Crippen LogP contribution in [0.25, 0.3) is 89.5 Å². The normalized spacial score (nSPS) is 20.5. The maximum atomic E-state index is 9.85. The van der Waals surface area contributed by atoms with Crippen molar-refractivity contribution in [2.24, 2.45) is 0 Å². The van der Waals surface area contributed by atoms with E-state index in [9.17, 15) is 9.60 Å². The molecule has 55 heavy (non-hydrogen) atoms. The molecule has 0 saturated heterocycles. The molecule has 1 spiro atoms. The molecule has 2 aliphatic carbocycles. The van der Waals surface area contributed by atoms with Crippen LogP contribution in [-0.4, -0.2) is 15.0 Å². The second-order valence-electron chi connectivity index (χ2n) is 13.6. The van der Waals surface area contributed by atoms with Crippen molar-refractivity contribution < 1.29 is 22.2 Å². The molecule has 0 bridgehead atoms. The van der Waals surface area contributed by atoms with Crippen LogP contribution in [0.4, 0.5) is 0 Å². The van der Waals surface area contributed by atoms with Gasteiger partial charge < -0.3 is 4.42 Å². The van der Waals surface area contributed by atoms with Gasteiger partial charge in [0.15, 0.2) is 17.5 Å². The zero-order valence-corrected chi connectivity index (χ0v) is 29.2. The second kappa shape index (κ2) is 12.7. The van der Waals surface area contributed by atoms with Crippen LogP contribution in [0.2, 0.25) is 0 Å². The van der Waals surface area contributed by atoms with Crippen molar-refractivity contribution in [2.75, 3.05) is 0 Å². The van der Waals surface area contributed by atoms with E-state index < -0.39 is 90.8 Å². The summed E-state index contributed by atoms with van der Waals surface area (Å²) in [5.41, 5.74) is 0.845. The molecule has 1 saturated carbocycles. The van der Waals surface area contributed by atoms with Gasteiger partial charge in [-0.2, -0.15) is 0 Å². The Bertz CT molecular complexity index is 3590. The van der Waals surface area contributed by atoms with E-state index in [1.807, 2.05) is 103 Å². The molecular weight excluding hydrogens is 671 g/mol. The molecule has 0 unspecified atom stereocenters. The summed E-state index contributed by atoms with van der Waals surface area (Å²) in [6.07, 6.45) is -9.84. The topological polar surface area (TPSA) is 51.8 Å². The lowest BCUT2D eigenvalue weighted by Crippen LogP contribution is -2.28. The van der Waals surface area contributed by atoms with E-state index in [2.05, 4.69) is 0 Å². The summed E-state index contributed by atoms with van der Waals surface area (Å²) in [6, 6.07) is 33.1. The van der Waals surface area contributed by atoms with Gasteiger partial charge in [0.1, 0.15) is 11.2 Å². The molecule has 4 heteroatoms. The predicted molar refractivity (Wildman–Crippen MR) is 224 cm³/mol. The minimum atomic E-state index is -2.88. The number of nitrogens with zero attached hydrogens (tertiary/aromatic N) is 3. The Kier molecular flexibility index (Phi) is 4.93. The molecule has 0 atom stereocenters. The first-order chi connectivity index (χ1) is 32.3. The highest BCUT2D eigenvalue weighted by Gasteiger charge is 2.43. The van der Waals surface area contributed by atoms with Gasteiger partial charge in [0, 0.05) is 41.1 Å². The van der Waals surface area contributed by atoms with E-state index in [-0.39, 0.29) is 22.3 Å². The van der Waals surface area contributed by atoms with Crippen LogP contribution in [-0.2, 0) is 5.41 Å². The molecule has 11 rings (SSSR count). The third-order valence-corrected chi connectivity index (χ3v) is 10.4. The molecule has 0 amide bonds. The number of hydrogen-bond acceptors (Lipinski definition) is 4. The lowest BCUT2D eigenvalue weighted by atomic mass is 9.67. The van der Waals surface area contributed by atoms with E-state index in [0.29, 0.717) is 39.7 Å². The molecule has 9 aromatic rings. The number of furan rings is 1. The number of rotatable bonds is 5. The Labute approximate surface area is 338 Å².